The van der Waals surface area contributed by atoms with Crippen LogP contribution in [0.1, 0.15) is 53.9 Å². The lowest BCUT2D eigenvalue weighted by Crippen LogP contribution is -2.47. The first-order valence-corrected chi connectivity index (χ1v) is 6.78. The summed E-state index contributed by atoms with van der Waals surface area (Å²) in [6.45, 7) is 13.6. The van der Waals surface area contributed by atoms with Gasteiger partial charge in [0, 0.05) is 6.04 Å². The molecule has 1 aliphatic rings. The van der Waals surface area contributed by atoms with Gasteiger partial charge in [0.25, 0.3) is 0 Å². The summed E-state index contributed by atoms with van der Waals surface area (Å²) in [4.78, 5) is 2.45. The van der Waals surface area contributed by atoms with Crippen LogP contribution in [0.3, 0.4) is 0 Å². The molecule has 0 radical (unpaired) electrons. The number of hydrogen-bond acceptors (Lipinski definition) is 2. The standard InChI is InChI=1S/C14H29NO/c1-6-13(16)11(2)15-9-7-12(8-10-15)14(3,4)5/h11-13,16H,6-10H2,1-5H3. The van der Waals surface area contributed by atoms with Crippen LogP contribution < -0.4 is 0 Å². The van der Waals surface area contributed by atoms with E-state index < -0.39 is 0 Å². The van der Waals surface area contributed by atoms with E-state index in [1.165, 1.54) is 12.8 Å². The van der Waals surface area contributed by atoms with Crippen molar-refractivity contribution in [2.75, 3.05) is 13.1 Å². The number of piperidine rings is 1. The molecule has 0 aromatic rings. The predicted octanol–water partition coefficient (Wildman–Crippen LogP) is 2.90. The van der Waals surface area contributed by atoms with Gasteiger partial charge < -0.3 is 5.11 Å². The zero-order valence-corrected chi connectivity index (χ0v) is 11.7. The fourth-order valence-electron chi connectivity index (χ4n) is 2.76. The predicted molar refractivity (Wildman–Crippen MR) is 69.5 cm³/mol. The number of likely N-dealkylation sites (tertiary alicyclic amines) is 1. The molecule has 2 nitrogen and oxygen atoms in total. The van der Waals surface area contributed by atoms with Crippen molar-refractivity contribution >= 4 is 0 Å². The van der Waals surface area contributed by atoms with Crippen LogP contribution in [0.4, 0.5) is 0 Å². The van der Waals surface area contributed by atoms with Crippen molar-refractivity contribution in [1.82, 2.24) is 4.90 Å². The van der Waals surface area contributed by atoms with E-state index in [0.717, 1.165) is 25.4 Å². The van der Waals surface area contributed by atoms with Gasteiger partial charge in [-0.25, -0.2) is 0 Å². The van der Waals surface area contributed by atoms with Crippen LogP contribution in [0, 0.1) is 11.3 Å². The number of rotatable bonds is 3. The van der Waals surface area contributed by atoms with E-state index in [4.69, 9.17) is 0 Å². The molecular formula is C14H29NO. The summed E-state index contributed by atoms with van der Waals surface area (Å²) in [5.41, 5.74) is 0.443. The fraction of sp³-hybridized carbons (Fsp3) is 1.00. The maximum atomic E-state index is 9.86. The molecule has 2 atom stereocenters. The molecule has 0 amide bonds. The largest absolute Gasteiger partial charge is 0.392 e. The van der Waals surface area contributed by atoms with E-state index in [-0.39, 0.29) is 6.10 Å². The van der Waals surface area contributed by atoms with E-state index in [0.29, 0.717) is 11.5 Å². The Labute approximate surface area is 101 Å². The third-order valence-corrected chi connectivity index (χ3v) is 4.31. The molecular weight excluding hydrogens is 198 g/mol. The summed E-state index contributed by atoms with van der Waals surface area (Å²) in [7, 11) is 0. The zero-order chi connectivity index (χ0) is 12.3. The number of nitrogens with zero attached hydrogens (tertiary/aromatic N) is 1. The first kappa shape index (κ1) is 14.0. The molecule has 1 fully saturated rings. The second-order valence-corrected chi connectivity index (χ2v) is 6.39. The van der Waals surface area contributed by atoms with Gasteiger partial charge in [0.2, 0.25) is 0 Å². The quantitative estimate of drug-likeness (QED) is 0.801. The first-order valence-electron chi connectivity index (χ1n) is 6.78. The van der Waals surface area contributed by atoms with Gasteiger partial charge >= 0.3 is 0 Å². The minimum absolute atomic E-state index is 0.161. The highest BCUT2D eigenvalue weighted by atomic mass is 16.3. The van der Waals surface area contributed by atoms with Crippen LogP contribution in [0.15, 0.2) is 0 Å². The number of hydrogen-bond donors (Lipinski definition) is 1. The Morgan fingerprint density at radius 2 is 1.75 bits per heavy atom. The zero-order valence-electron chi connectivity index (χ0n) is 11.7. The molecule has 96 valence electrons. The third-order valence-electron chi connectivity index (χ3n) is 4.31. The lowest BCUT2D eigenvalue weighted by atomic mass is 9.75. The van der Waals surface area contributed by atoms with Crippen molar-refractivity contribution in [2.45, 2.75) is 66.0 Å². The summed E-state index contributed by atoms with van der Waals surface area (Å²) < 4.78 is 0. The number of aliphatic hydroxyl groups excluding tert-OH is 1. The molecule has 0 aromatic carbocycles. The Morgan fingerprint density at radius 3 is 2.12 bits per heavy atom. The van der Waals surface area contributed by atoms with Crippen molar-refractivity contribution in [2.24, 2.45) is 11.3 Å². The van der Waals surface area contributed by atoms with Crippen molar-refractivity contribution in [1.29, 1.82) is 0 Å². The highest BCUT2D eigenvalue weighted by Gasteiger charge is 2.31. The molecule has 1 saturated heterocycles. The van der Waals surface area contributed by atoms with Gasteiger partial charge in [0.15, 0.2) is 0 Å². The smallest absolute Gasteiger partial charge is 0.0690 e. The van der Waals surface area contributed by atoms with Gasteiger partial charge in [0.1, 0.15) is 0 Å². The molecule has 0 aliphatic carbocycles. The minimum Gasteiger partial charge on any atom is -0.392 e. The third kappa shape index (κ3) is 3.46. The molecule has 1 aliphatic heterocycles. The summed E-state index contributed by atoms with van der Waals surface area (Å²) in [6.07, 6.45) is 3.26. The molecule has 2 unspecified atom stereocenters. The second kappa shape index (κ2) is 5.50. The molecule has 0 spiro atoms. The molecule has 16 heavy (non-hydrogen) atoms. The molecule has 0 saturated carbocycles. The Kier molecular flexibility index (Phi) is 4.81. The van der Waals surface area contributed by atoms with Crippen molar-refractivity contribution in [3.05, 3.63) is 0 Å². The second-order valence-electron chi connectivity index (χ2n) is 6.39. The molecule has 0 aromatic heterocycles. The Bertz CT molecular complexity index is 201. The molecule has 1 N–H and O–H groups in total. The van der Waals surface area contributed by atoms with E-state index in [1.807, 2.05) is 0 Å². The number of aliphatic hydroxyl groups is 1. The Balaban J connectivity index is 2.43. The minimum atomic E-state index is -0.161. The van der Waals surface area contributed by atoms with Gasteiger partial charge in [-0.3, -0.25) is 4.90 Å². The normalized spacial score (nSPS) is 24.4. The Morgan fingerprint density at radius 1 is 1.25 bits per heavy atom. The van der Waals surface area contributed by atoms with Gasteiger partial charge in [-0.1, -0.05) is 27.7 Å². The summed E-state index contributed by atoms with van der Waals surface area (Å²) >= 11 is 0. The van der Waals surface area contributed by atoms with Gasteiger partial charge in [0.05, 0.1) is 6.10 Å². The maximum Gasteiger partial charge on any atom is 0.0690 e. The van der Waals surface area contributed by atoms with Crippen LogP contribution >= 0.6 is 0 Å². The highest BCUT2D eigenvalue weighted by Crippen LogP contribution is 2.34. The van der Waals surface area contributed by atoms with Crippen LogP contribution in [-0.2, 0) is 0 Å². The first-order chi connectivity index (χ1) is 7.36. The maximum absolute atomic E-state index is 9.86. The van der Waals surface area contributed by atoms with Crippen LogP contribution in [0.25, 0.3) is 0 Å². The van der Waals surface area contributed by atoms with Crippen molar-refractivity contribution in [3.8, 4) is 0 Å². The SMILES string of the molecule is CCC(O)C(C)N1CCC(C(C)(C)C)CC1. The molecule has 0 bridgehead atoms. The van der Waals surface area contributed by atoms with E-state index in [1.54, 1.807) is 0 Å². The Hall–Kier alpha value is -0.0800. The van der Waals surface area contributed by atoms with Gasteiger partial charge in [-0.15, -0.1) is 0 Å². The fourth-order valence-corrected chi connectivity index (χ4v) is 2.76. The lowest BCUT2D eigenvalue weighted by Gasteiger charge is -2.42. The van der Waals surface area contributed by atoms with E-state index >= 15 is 0 Å². The molecule has 1 rings (SSSR count). The topological polar surface area (TPSA) is 23.5 Å². The summed E-state index contributed by atoms with van der Waals surface area (Å²) in [5, 5.41) is 9.86. The van der Waals surface area contributed by atoms with Crippen LogP contribution in [0.2, 0.25) is 0 Å². The van der Waals surface area contributed by atoms with Gasteiger partial charge in [-0.2, -0.15) is 0 Å². The summed E-state index contributed by atoms with van der Waals surface area (Å²) in [5.74, 6) is 0.842. The van der Waals surface area contributed by atoms with Crippen LogP contribution in [0.5, 0.6) is 0 Å². The monoisotopic (exact) mass is 227 g/mol. The van der Waals surface area contributed by atoms with Crippen molar-refractivity contribution in [3.63, 3.8) is 0 Å². The molecule has 2 heteroatoms. The highest BCUT2D eigenvalue weighted by molar-refractivity contribution is 4.84. The van der Waals surface area contributed by atoms with Gasteiger partial charge in [-0.05, 0) is 50.6 Å². The van der Waals surface area contributed by atoms with Crippen molar-refractivity contribution < 1.29 is 5.11 Å². The molecule has 1 heterocycles. The summed E-state index contributed by atoms with van der Waals surface area (Å²) in [6, 6.07) is 0.325. The lowest BCUT2D eigenvalue weighted by molar-refractivity contribution is 0.0214. The van der Waals surface area contributed by atoms with E-state index in [2.05, 4.69) is 39.5 Å². The average Bonchev–Trinajstić information content (AvgIpc) is 2.26. The van der Waals surface area contributed by atoms with Crippen LogP contribution in [-0.4, -0.2) is 35.2 Å². The average molecular weight is 227 g/mol. The van der Waals surface area contributed by atoms with E-state index in [9.17, 15) is 5.11 Å².